The van der Waals surface area contributed by atoms with Crippen LogP contribution >= 0.6 is 0 Å². The molecule has 0 atom stereocenters. The Balaban J connectivity index is 0.000000259. The Morgan fingerprint density at radius 3 is 1.34 bits per heavy atom. The molecule has 0 radical (unpaired) electrons. The number of halogens is 2. The molecule has 0 spiro atoms. The number of hydrogen-bond donors (Lipinski definition) is 6. The Morgan fingerprint density at radius 2 is 0.966 bits per heavy atom. The third-order valence-corrected chi connectivity index (χ3v) is 16.8. The van der Waals surface area contributed by atoms with Gasteiger partial charge >= 0.3 is 11.9 Å². The number of aryl methyl sites for hydroxylation is 2. The Bertz CT molecular complexity index is 3560. The molecule has 87 heavy (non-hydrogen) atoms. The van der Waals surface area contributed by atoms with Crippen molar-refractivity contribution in [3.05, 3.63) is 107 Å². The first-order valence-corrected chi connectivity index (χ1v) is 32.6. The summed E-state index contributed by atoms with van der Waals surface area (Å²) in [5.41, 5.74) is 8.23. The third kappa shape index (κ3) is 19.8. The Hall–Kier alpha value is -7.00. The van der Waals surface area contributed by atoms with E-state index in [9.17, 15) is 44.8 Å². The minimum absolute atomic E-state index is 0.192. The van der Waals surface area contributed by atoms with Gasteiger partial charge in [0, 0.05) is 85.8 Å². The fraction of sp³-hybridized carbons (Fsp3) is 0.484. The molecule has 2 heterocycles. The number of nitrogens with zero attached hydrogens (tertiary/aromatic N) is 3. The van der Waals surface area contributed by atoms with Crippen LogP contribution in [0.25, 0.3) is 44.3 Å². The van der Waals surface area contributed by atoms with E-state index in [-0.39, 0.29) is 30.8 Å². The first-order valence-electron chi connectivity index (χ1n) is 29.4. The van der Waals surface area contributed by atoms with Crippen LogP contribution in [0.2, 0.25) is 0 Å². The van der Waals surface area contributed by atoms with Crippen LogP contribution in [0.1, 0.15) is 146 Å². The molecule has 4 aromatic carbocycles. The van der Waals surface area contributed by atoms with Gasteiger partial charge in [-0.2, -0.15) is 21.1 Å². The van der Waals surface area contributed by atoms with Crippen molar-refractivity contribution >= 4 is 66.0 Å². The highest BCUT2D eigenvalue weighted by Crippen LogP contribution is 2.48. The van der Waals surface area contributed by atoms with Gasteiger partial charge in [-0.25, -0.2) is 33.8 Å². The highest BCUT2D eigenvalue weighted by atomic mass is 32.2. The van der Waals surface area contributed by atoms with E-state index in [0.717, 1.165) is 126 Å². The summed E-state index contributed by atoms with van der Waals surface area (Å²) in [6, 6.07) is 20.1. The number of esters is 2. The Morgan fingerprint density at radius 1 is 0.575 bits per heavy atom. The summed E-state index contributed by atoms with van der Waals surface area (Å²) < 4.78 is 96.8. The van der Waals surface area contributed by atoms with Crippen LogP contribution in [0, 0.1) is 11.6 Å². The fourth-order valence-electron chi connectivity index (χ4n) is 11.5. The van der Waals surface area contributed by atoms with Crippen LogP contribution in [0.3, 0.4) is 0 Å². The van der Waals surface area contributed by atoms with Crippen molar-refractivity contribution in [1.29, 1.82) is 0 Å². The first kappa shape index (κ1) is 69.1. The maximum atomic E-state index is 14.5. The monoisotopic (exact) mass is 1250 g/mol. The molecular weight excluding hydrogens is 1160 g/mol. The number of nitrogens with two attached hydrogens (primary N) is 3. The van der Waals surface area contributed by atoms with Gasteiger partial charge in [0.25, 0.3) is 32.2 Å². The third-order valence-electron chi connectivity index (χ3n) is 15.8. The SMILES string of the molecule is CNCCCCCNC(=O)COc1cc(F)ccc1-c1c(C2CCCCC2)c2ccc(C(=O)OC)cc2n1C.COC(=O)c1ccc2c(C3CCCCC3)c(-c3ccc(F)cc3OCC(=O)NCCCCCN(C)S(N)(=O)=O)n(C)c2c1.NS(N)(=O)=O. The van der Waals surface area contributed by atoms with Crippen LogP contribution in [-0.4, -0.2) is 122 Å². The number of fused-ring (bicyclic) bond motifs is 2. The molecule has 2 fully saturated rings. The molecule has 9 N–H and O–H groups in total. The van der Waals surface area contributed by atoms with Gasteiger partial charge in [0.1, 0.15) is 23.1 Å². The summed E-state index contributed by atoms with van der Waals surface area (Å²) in [6.45, 7) is 1.76. The second kappa shape index (κ2) is 32.8. The van der Waals surface area contributed by atoms with Crippen molar-refractivity contribution in [2.24, 2.45) is 29.5 Å². The maximum absolute atomic E-state index is 14.5. The summed E-state index contributed by atoms with van der Waals surface area (Å²) in [5.74, 6) is -1.07. The topological polar surface area (TPSA) is 301 Å². The van der Waals surface area contributed by atoms with Crippen molar-refractivity contribution in [2.45, 2.75) is 115 Å². The highest BCUT2D eigenvalue weighted by molar-refractivity contribution is 7.87. The van der Waals surface area contributed by atoms with E-state index in [0.29, 0.717) is 73.2 Å². The summed E-state index contributed by atoms with van der Waals surface area (Å²) in [7, 11) is 2.59. The maximum Gasteiger partial charge on any atom is 0.337 e. The van der Waals surface area contributed by atoms with Crippen LogP contribution < -0.4 is 40.8 Å². The average molecular weight is 1250 g/mol. The zero-order valence-corrected chi connectivity index (χ0v) is 52.3. The number of amides is 2. The van der Waals surface area contributed by atoms with E-state index >= 15 is 0 Å². The lowest BCUT2D eigenvalue weighted by atomic mass is 9.81. The number of carbonyl (C=O) groups excluding carboxylic acids is 4. The van der Waals surface area contributed by atoms with E-state index in [1.165, 1.54) is 63.9 Å². The lowest BCUT2D eigenvalue weighted by Gasteiger charge is -2.24. The lowest BCUT2D eigenvalue weighted by Crippen LogP contribution is -2.34. The van der Waals surface area contributed by atoms with E-state index in [1.54, 1.807) is 24.3 Å². The molecule has 21 nitrogen and oxygen atoms in total. The van der Waals surface area contributed by atoms with Crippen molar-refractivity contribution < 1.29 is 63.7 Å². The molecular formula is C62H85F2N9O12S2. The van der Waals surface area contributed by atoms with Crippen molar-refractivity contribution in [3.63, 3.8) is 0 Å². The standard InChI is InChI=1S/C31H41FN4O6S.C31H40FN3O4.H4N2O2S/c1-35(43(33,39)40)17-9-5-8-16-34-28(37)20-42-27-19-23(32)13-15-25(27)30-29(21-10-6-4-7-11-21)24-14-12-22(31(38)41-3)18-26(24)36(30)2;1-33-16-8-5-9-17-34-28(36)20-39-27-19-23(32)13-15-25(27)30-29(21-10-6-4-7-11-21)24-14-12-22(31(37)38-3)18-26(24)35(30)2;1-5(2,3)4/h12-15,18-19,21H,4-11,16-17,20H2,1-3H3,(H,34,37)(H2,33,39,40);12-15,18-19,21,33H,4-11,16-17,20H2,1-3H3,(H,34,36);(H4,1,2,3,4). The van der Waals surface area contributed by atoms with Crippen molar-refractivity contribution in [1.82, 2.24) is 29.4 Å². The average Bonchev–Trinajstić information content (AvgIpc) is 1.63. The Labute approximate surface area is 509 Å². The molecule has 2 amide bonds. The molecule has 0 saturated heterocycles. The number of benzene rings is 4. The summed E-state index contributed by atoms with van der Waals surface area (Å²) in [6.07, 6.45) is 16.1. The first-order chi connectivity index (χ1) is 41.4. The molecule has 2 aromatic heterocycles. The molecule has 8 rings (SSSR count). The van der Waals surface area contributed by atoms with E-state index in [4.69, 9.17) is 24.1 Å². The number of carbonyl (C=O) groups is 4. The minimum atomic E-state index is -3.70. The smallest absolute Gasteiger partial charge is 0.337 e. The number of methoxy groups -OCH3 is 2. The number of rotatable bonds is 25. The molecule has 0 bridgehead atoms. The van der Waals surface area contributed by atoms with Crippen LogP contribution in [0.5, 0.6) is 11.5 Å². The predicted molar refractivity (Wildman–Crippen MR) is 333 cm³/mol. The summed E-state index contributed by atoms with van der Waals surface area (Å²) >= 11 is 0. The highest BCUT2D eigenvalue weighted by Gasteiger charge is 2.30. The number of unbranched alkanes of at least 4 members (excludes halogenated alkanes) is 4. The van der Waals surface area contributed by atoms with E-state index < -0.39 is 44.0 Å². The van der Waals surface area contributed by atoms with Gasteiger partial charge in [-0.05, 0) is 136 Å². The number of hydrogen-bond acceptors (Lipinski definition) is 13. The summed E-state index contributed by atoms with van der Waals surface area (Å²) in [5, 5.41) is 24.2. The van der Waals surface area contributed by atoms with E-state index in [1.807, 2.05) is 50.0 Å². The lowest BCUT2D eigenvalue weighted by molar-refractivity contribution is -0.123. The van der Waals surface area contributed by atoms with E-state index in [2.05, 4.69) is 30.8 Å². The molecule has 0 aliphatic heterocycles. The van der Waals surface area contributed by atoms with Crippen molar-refractivity contribution in [3.8, 4) is 34.0 Å². The quantitative estimate of drug-likeness (QED) is 0.0232. The molecule has 2 aliphatic carbocycles. The second-order valence-electron chi connectivity index (χ2n) is 22.0. The van der Waals surface area contributed by atoms with Gasteiger partial charge in [-0.1, -0.05) is 63.5 Å². The van der Waals surface area contributed by atoms with Gasteiger partial charge in [0.05, 0.1) is 36.7 Å². The molecule has 6 aromatic rings. The van der Waals surface area contributed by atoms with Gasteiger partial charge in [0.15, 0.2) is 13.2 Å². The fourth-order valence-corrected chi connectivity index (χ4v) is 11.9. The van der Waals surface area contributed by atoms with Gasteiger partial charge in [-0.15, -0.1) is 0 Å². The number of ether oxygens (including phenoxy) is 4. The number of aromatic nitrogens is 2. The molecule has 476 valence electrons. The molecule has 0 unspecified atom stereocenters. The summed E-state index contributed by atoms with van der Waals surface area (Å²) in [4.78, 5) is 49.7. The molecule has 2 saturated carbocycles. The molecule has 2 aliphatic rings. The second-order valence-corrected chi connectivity index (χ2v) is 24.8. The van der Waals surface area contributed by atoms with Crippen molar-refractivity contribution in [2.75, 3.05) is 67.7 Å². The zero-order valence-electron chi connectivity index (χ0n) is 50.7. The van der Waals surface area contributed by atoms with Crippen LogP contribution in [0.4, 0.5) is 8.78 Å². The van der Waals surface area contributed by atoms with Crippen LogP contribution in [-0.2, 0) is 53.6 Å². The zero-order chi connectivity index (χ0) is 63.4. The van der Waals surface area contributed by atoms with Gasteiger partial charge in [-0.3, -0.25) is 9.59 Å². The number of nitrogens with one attached hydrogen (secondary N) is 3. The molecule has 25 heteroatoms. The minimum Gasteiger partial charge on any atom is -0.483 e. The van der Waals surface area contributed by atoms with Gasteiger partial charge in [0.2, 0.25) is 0 Å². The normalized spacial score (nSPS) is 14.0. The van der Waals surface area contributed by atoms with Crippen LogP contribution in [0.15, 0.2) is 72.8 Å². The Kier molecular flexibility index (Phi) is 26.1. The predicted octanol–water partition coefficient (Wildman–Crippen LogP) is 8.47. The largest absolute Gasteiger partial charge is 0.483 e. The van der Waals surface area contributed by atoms with Gasteiger partial charge < -0.3 is 44.0 Å².